The highest BCUT2D eigenvalue weighted by Gasteiger charge is 2.23. The minimum atomic E-state index is -0.277. The van der Waals surface area contributed by atoms with Gasteiger partial charge in [0.1, 0.15) is 28.7 Å². The van der Waals surface area contributed by atoms with Crippen LogP contribution in [-0.4, -0.2) is 47.2 Å². The van der Waals surface area contributed by atoms with E-state index in [0.29, 0.717) is 26.3 Å². The van der Waals surface area contributed by atoms with Crippen LogP contribution in [0.5, 0.6) is 28.7 Å². The van der Waals surface area contributed by atoms with Crippen LogP contribution in [0.4, 0.5) is 0 Å². The lowest BCUT2D eigenvalue weighted by molar-refractivity contribution is 0.344. The summed E-state index contributed by atoms with van der Waals surface area (Å²) in [4.78, 5) is 0. The Morgan fingerprint density at radius 2 is 0.660 bits per heavy atom. The van der Waals surface area contributed by atoms with Crippen molar-refractivity contribution in [3.63, 3.8) is 0 Å². The van der Waals surface area contributed by atoms with Crippen molar-refractivity contribution in [1.82, 2.24) is 0 Å². The van der Waals surface area contributed by atoms with Crippen LogP contribution >= 0.6 is 0 Å². The summed E-state index contributed by atoms with van der Waals surface area (Å²) in [6.07, 6.45) is 0. The Morgan fingerprint density at radius 1 is 0.380 bits per heavy atom. The first-order valence-corrected chi connectivity index (χ1v) is 16.6. The second-order valence-electron chi connectivity index (χ2n) is 11.2. The summed E-state index contributed by atoms with van der Waals surface area (Å²) in [5.74, 6) is 3.78. The average molecular weight is 664 g/mol. The monoisotopic (exact) mass is 664 g/mol. The molecule has 0 aliphatic heterocycles. The van der Waals surface area contributed by atoms with Gasteiger partial charge in [0.25, 0.3) is 0 Å². The molecule has 0 unspecified atom stereocenters. The zero-order valence-electron chi connectivity index (χ0n) is 28.3. The average Bonchev–Trinajstić information content (AvgIpc) is 3.18. The molecule has 0 saturated carbocycles. The van der Waals surface area contributed by atoms with Gasteiger partial charge in [-0.3, -0.25) is 0 Å². The summed E-state index contributed by atoms with van der Waals surface area (Å²) >= 11 is 0. The highest BCUT2D eigenvalue weighted by Crippen LogP contribution is 2.21. The van der Waals surface area contributed by atoms with Crippen molar-refractivity contribution >= 4 is 35.7 Å². The number of benzene rings is 6. The van der Waals surface area contributed by atoms with E-state index < -0.39 is 0 Å². The number of hydrogen-bond donors (Lipinski definition) is 2. The van der Waals surface area contributed by atoms with Gasteiger partial charge in [0.05, 0.1) is 7.11 Å². The van der Waals surface area contributed by atoms with Crippen LogP contribution in [-0.2, 0) is 9.31 Å². The van der Waals surface area contributed by atoms with Crippen molar-refractivity contribution in [2.45, 2.75) is 0 Å². The summed E-state index contributed by atoms with van der Waals surface area (Å²) in [5, 5.41) is 0. The number of methoxy groups -OCH3 is 1. The van der Waals surface area contributed by atoms with Gasteiger partial charge >= 0.3 is 13.8 Å². The van der Waals surface area contributed by atoms with Crippen LogP contribution in [0, 0.1) is 0 Å². The molecule has 0 saturated heterocycles. The molecule has 6 aromatic carbocycles. The van der Waals surface area contributed by atoms with Crippen molar-refractivity contribution < 1.29 is 23.5 Å². The van der Waals surface area contributed by atoms with E-state index in [-0.39, 0.29) is 13.8 Å². The van der Waals surface area contributed by atoms with Crippen LogP contribution < -0.4 is 47.5 Å². The molecule has 0 fully saturated rings. The largest absolute Gasteiger partial charge is 0.497 e. The lowest BCUT2D eigenvalue weighted by atomic mass is 9.55. The third kappa shape index (κ3) is 10.9. The standard InChI is InChI=1S/C35H36B2N2O5.C6H6/c1-40-31-15-7-27(8-16-31)36(41-25-23-38)28-11-19-34(20-12-28)44-35-21-13-30(14-22-35)37(42-26-24-39)29-9-17-33(18-10-29)43-32-5-3-2-4-6-32;1-2-4-6-5-3-1/h2-22H,23-26,38-39H2,1H3;1-6H. The Kier molecular flexibility index (Phi) is 14.1. The number of ether oxygens (including phenoxy) is 3. The van der Waals surface area contributed by atoms with Crippen molar-refractivity contribution in [3.05, 3.63) is 164 Å². The Balaban J connectivity index is 0.000000732. The van der Waals surface area contributed by atoms with Crippen molar-refractivity contribution in [2.75, 3.05) is 33.4 Å². The molecule has 0 amide bonds. The molecule has 0 aliphatic rings. The molecule has 0 spiro atoms. The zero-order valence-corrected chi connectivity index (χ0v) is 28.3. The van der Waals surface area contributed by atoms with E-state index >= 15 is 0 Å². The van der Waals surface area contributed by atoms with Gasteiger partial charge in [-0.25, -0.2) is 0 Å². The van der Waals surface area contributed by atoms with Crippen LogP contribution in [0.2, 0.25) is 0 Å². The molecule has 0 bridgehead atoms. The normalized spacial score (nSPS) is 10.4. The second kappa shape index (κ2) is 19.6. The molecule has 4 N–H and O–H groups in total. The minimum absolute atomic E-state index is 0.248. The van der Waals surface area contributed by atoms with Crippen molar-refractivity contribution in [3.8, 4) is 28.7 Å². The Bertz CT molecular complexity index is 1770. The van der Waals surface area contributed by atoms with E-state index in [4.69, 9.17) is 35.0 Å². The SMILES string of the molecule is COc1ccc(B(OCCN)c2ccc(Oc3ccc(B(OCCN)c4ccc(Oc5ccccc5)cc4)cc3)cc2)cc1.c1ccccc1. The molecule has 0 heterocycles. The van der Waals surface area contributed by atoms with Gasteiger partial charge in [-0.05, 0) is 82.5 Å². The van der Waals surface area contributed by atoms with Gasteiger partial charge in [-0.15, -0.1) is 0 Å². The number of nitrogens with two attached hydrogens (primary N) is 2. The molecule has 9 heteroatoms. The van der Waals surface area contributed by atoms with Crippen LogP contribution in [0.25, 0.3) is 0 Å². The Morgan fingerprint density at radius 3 is 0.960 bits per heavy atom. The van der Waals surface area contributed by atoms with E-state index in [1.165, 1.54) is 0 Å². The highest BCUT2D eigenvalue weighted by atomic mass is 16.5. The molecular formula is C41H42B2N2O5. The Hall–Kier alpha value is -5.31. The fourth-order valence-electron chi connectivity index (χ4n) is 5.20. The summed E-state index contributed by atoms with van der Waals surface area (Å²) < 4.78 is 29.7. The molecule has 252 valence electrons. The maximum absolute atomic E-state index is 6.17. The third-order valence-electron chi connectivity index (χ3n) is 7.65. The fraction of sp³-hybridized carbons (Fsp3) is 0.122. The lowest BCUT2D eigenvalue weighted by Crippen LogP contribution is -2.45. The summed E-state index contributed by atoms with van der Waals surface area (Å²) in [6.45, 7) is 1.23. The van der Waals surface area contributed by atoms with Crippen LogP contribution in [0.3, 0.4) is 0 Å². The predicted octanol–water partition coefficient (Wildman–Crippen LogP) is 5.13. The van der Waals surface area contributed by atoms with E-state index in [2.05, 4.69) is 0 Å². The molecule has 6 rings (SSSR count). The van der Waals surface area contributed by atoms with Gasteiger partial charge in [0, 0.05) is 26.3 Å². The Labute approximate surface area is 296 Å². The van der Waals surface area contributed by atoms with Gasteiger partial charge in [-0.2, -0.15) is 0 Å². The molecule has 7 nitrogen and oxygen atoms in total. The molecular weight excluding hydrogens is 622 g/mol. The molecule has 0 aliphatic carbocycles. The van der Waals surface area contributed by atoms with Crippen LogP contribution in [0.15, 0.2) is 164 Å². The fourth-order valence-corrected chi connectivity index (χ4v) is 5.20. The highest BCUT2D eigenvalue weighted by molar-refractivity contribution is 6.80. The third-order valence-corrected chi connectivity index (χ3v) is 7.65. The summed E-state index contributed by atoms with van der Waals surface area (Å²) in [6, 6.07) is 53.3. The van der Waals surface area contributed by atoms with E-state index in [0.717, 1.165) is 50.6 Å². The number of rotatable bonds is 15. The second-order valence-corrected chi connectivity index (χ2v) is 11.2. The summed E-state index contributed by atoms with van der Waals surface area (Å²) in [7, 11) is 1.65. The zero-order chi connectivity index (χ0) is 34.8. The molecule has 0 aromatic heterocycles. The van der Waals surface area contributed by atoms with Gasteiger partial charge in [0.2, 0.25) is 0 Å². The van der Waals surface area contributed by atoms with Crippen molar-refractivity contribution in [2.24, 2.45) is 11.5 Å². The topological polar surface area (TPSA) is 98.2 Å². The first kappa shape index (κ1) is 36.0. The minimum Gasteiger partial charge on any atom is -0.497 e. The van der Waals surface area contributed by atoms with Gasteiger partial charge < -0.3 is 35.0 Å². The predicted molar refractivity (Wildman–Crippen MR) is 205 cm³/mol. The maximum atomic E-state index is 6.17. The molecule has 50 heavy (non-hydrogen) atoms. The van der Waals surface area contributed by atoms with Crippen LogP contribution in [0.1, 0.15) is 0 Å². The number of hydrogen-bond acceptors (Lipinski definition) is 7. The molecule has 6 aromatic rings. The smallest absolute Gasteiger partial charge is 0.361 e. The van der Waals surface area contributed by atoms with Crippen molar-refractivity contribution in [1.29, 1.82) is 0 Å². The molecule has 0 atom stereocenters. The van der Waals surface area contributed by atoms with E-state index in [1.54, 1.807) is 7.11 Å². The maximum Gasteiger partial charge on any atom is 0.361 e. The van der Waals surface area contributed by atoms with Gasteiger partial charge in [0.15, 0.2) is 0 Å². The molecule has 0 radical (unpaired) electrons. The van der Waals surface area contributed by atoms with Gasteiger partial charge in [-0.1, -0.05) is 103 Å². The quantitative estimate of drug-likeness (QED) is 0.147. The van der Waals surface area contributed by atoms with E-state index in [1.807, 2.05) is 164 Å². The summed E-state index contributed by atoms with van der Waals surface area (Å²) in [5.41, 5.74) is 15.5. The first-order valence-electron chi connectivity index (χ1n) is 16.6. The first-order chi connectivity index (χ1) is 24.7. The number of para-hydroxylation sites is 1. The van der Waals surface area contributed by atoms with E-state index in [9.17, 15) is 0 Å². The lowest BCUT2D eigenvalue weighted by Gasteiger charge is -2.17.